The summed E-state index contributed by atoms with van der Waals surface area (Å²) in [4.78, 5) is 0. The van der Waals surface area contributed by atoms with E-state index in [0.29, 0.717) is 0 Å². The summed E-state index contributed by atoms with van der Waals surface area (Å²) in [7, 11) is 0. The number of aromatic nitrogens is 2. The number of hydrogen-bond donors (Lipinski definition) is 0. The minimum Gasteiger partial charge on any atom is -0.309 e. The molecule has 0 saturated carbocycles. The standard InChI is InChI=1S/C46H34N2.C16H16/c1-29-17-19-30(20-18-29)31-21-23-43-37(25-31)39-27-36-34-13-7-9-15-40(34)46(2,3)41(36)28-45(39)48(43)33-22-24-44-38(26-33)35-14-8-10-16-42(35)47(44)32-11-5-4-6-12-32;1-14(12-15-8-4-2-5-9-15)13-16-10-6-3-7-11-16/h4-28H,1-3H3;2-12H,13H2,1H3/b;14-12+. The van der Waals surface area contributed by atoms with Crippen molar-refractivity contribution in [3.05, 3.63) is 246 Å². The Kier molecular flexibility index (Phi) is 9.74. The smallest absolute Gasteiger partial charge is 0.0544 e. The van der Waals surface area contributed by atoms with Crippen LogP contribution in [0, 0.1) is 6.92 Å². The van der Waals surface area contributed by atoms with E-state index in [2.05, 4.69) is 249 Å². The van der Waals surface area contributed by atoms with Gasteiger partial charge in [-0.3, -0.25) is 0 Å². The molecule has 9 aromatic carbocycles. The number of aryl methyl sites for hydroxylation is 1. The lowest BCUT2D eigenvalue weighted by atomic mass is 9.82. The van der Waals surface area contributed by atoms with Gasteiger partial charge in [-0.25, -0.2) is 0 Å². The van der Waals surface area contributed by atoms with Crippen LogP contribution in [0.2, 0.25) is 0 Å². The quantitative estimate of drug-likeness (QED) is 0.158. The van der Waals surface area contributed by atoms with Crippen LogP contribution < -0.4 is 0 Å². The van der Waals surface area contributed by atoms with Gasteiger partial charge < -0.3 is 9.13 Å². The topological polar surface area (TPSA) is 9.86 Å². The summed E-state index contributed by atoms with van der Waals surface area (Å²) < 4.78 is 4.89. The molecule has 12 rings (SSSR count). The molecule has 1 aliphatic carbocycles. The van der Waals surface area contributed by atoms with Crippen LogP contribution in [0.15, 0.2) is 218 Å². The van der Waals surface area contributed by atoms with E-state index in [9.17, 15) is 0 Å². The lowest BCUT2D eigenvalue weighted by Gasteiger charge is -2.21. The SMILES string of the molecule is C/C(=C\c1ccccc1)Cc1ccccc1.Cc1ccc(-c2ccc3c(c2)c2cc4c(cc2n3-c2ccc3c(c2)c2ccccc2n3-c2ccccc2)C(C)(C)c2ccccc2-4)cc1. The molecule has 2 heterocycles. The van der Waals surface area contributed by atoms with Crippen LogP contribution >= 0.6 is 0 Å². The average Bonchev–Trinajstić information content (AvgIpc) is 3.91. The van der Waals surface area contributed by atoms with Crippen molar-refractivity contribution in [2.75, 3.05) is 0 Å². The third-order valence-electron chi connectivity index (χ3n) is 13.3. The summed E-state index contributed by atoms with van der Waals surface area (Å²) in [6.45, 7) is 9.07. The fourth-order valence-electron chi connectivity index (χ4n) is 10.2. The third kappa shape index (κ3) is 6.83. The molecule has 308 valence electrons. The second-order valence-corrected chi connectivity index (χ2v) is 18.0. The largest absolute Gasteiger partial charge is 0.309 e. The molecule has 0 spiro atoms. The molecule has 11 aromatic rings. The third-order valence-corrected chi connectivity index (χ3v) is 13.3. The number of nitrogens with zero attached hydrogens (tertiary/aromatic N) is 2. The monoisotopic (exact) mass is 822 g/mol. The van der Waals surface area contributed by atoms with Crippen LogP contribution in [0.3, 0.4) is 0 Å². The molecule has 2 nitrogen and oxygen atoms in total. The predicted octanol–water partition coefficient (Wildman–Crippen LogP) is 16.5. The molecule has 0 N–H and O–H groups in total. The minimum atomic E-state index is -0.0818. The number of allylic oxidation sites excluding steroid dienone is 1. The zero-order chi connectivity index (χ0) is 43.4. The molecule has 0 atom stereocenters. The first-order valence-corrected chi connectivity index (χ1v) is 22.5. The van der Waals surface area contributed by atoms with Crippen LogP contribution in [0.1, 0.15) is 48.6 Å². The number of hydrogen-bond acceptors (Lipinski definition) is 0. The van der Waals surface area contributed by atoms with E-state index in [-0.39, 0.29) is 5.41 Å². The van der Waals surface area contributed by atoms with Crippen molar-refractivity contribution in [3.63, 3.8) is 0 Å². The Morgan fingerprint density at radius 3 is 1.78 bits per heavy atom. The highest BCUT2D eigenvalue weighted by molar-refractivity contribution is 6.14. The van der Waals surface area contributed by atoms with Crippen molar-refractivity contribution >= 4 is 49.7 Å². The molecule has 1 aliphatic rings. The predicted molar refractivity (Wildman–Crippen MR) is 273 cm³/mol. The molecule has 0 bridgehead atoms. The Morgan fingerprint density at radius 1 is 0.438 bits per heavy atom. The number of benzene rings is 9. The van der Waals surface area contributed by atoms with E-state index in [4.69, 9.17) is 0 Å². The normalized spacial score (nSPS) is 13.0. The van der Waals surface area contributed by atoms with Gasteiger partial charge in [0.1, 0.15) is 0 Å². The fourth-order valence-corrected chi connectivity index (χ4v) is 10.2. The van der Waals surface area contributed by atoms with E-state index >= 15 is 0 Å². The molecule has 2 aromatic heterocycles. The highest BCUT2D eigenvalue weighted by Gasteiger charge is 2.36. The van der Waals surface area contributed by atoms with Gasteiger partial charge in [0.05, 0.1) is 22.1 Å². The first-order chi connectivity index (χ1) is 31.3. The van der Waals surface area contributed by atoms with Gasteiger partial charge in [0.2, 0.25) is 0 Å². The second kappa shape index (κ2) is 15.9. The van der Waals surface area contributed by atoms with E-state index in [1.54, 1.807) is 0 Å². The molecular formula is C62H50N2. The molecule has 64 heavy (non-hydrogen) atoms. The van der Waals surface area contributed by atoms with Gasteiger partial charge in [-0.15, -0.1) is 0 Å². The lowest BCUT2D eigenvalue weighted by molar-refractivity contribution is 0.661. The van der Waals surface area contributed by atoms with Crippen molar-refractivity contribution in [2.45, 2.75) is 39.5 Å². The fraction of sp³-hybridized carbons (Fsp3) is 0.0968. The van der Waals surface area contributed by atoms with E-state index < -0.39 is 0 Å². The van der Waals surface area contributed by atoms with Gasteiger partial charge in [-0.05, 0) is 125 Å². The van der Waals surface area contributed by atoms with Crippen molar-refractivity contribution in [1.29, 1.82) is 0 Å². The van der Waals surface area contributed by atoms with Gasteiger partial charge in [0, 0.05) is 38.3 Å². The van der Waals surface area contributed by atoms with Crippen molar-refractivity contribution in [2.24, 2.45) is 0 Å². The molecule has 0 saturated heterocycles. The van der Waals surface area contributed by atoms with Crippen LogP contribution in [0.4, 0.5) is 0 Å². The lowest BCUT2D eigenvalue weighted by Crippen LogP contribution is -2.14. The first-order valence-electron chi connectivity index (χ1n) is 22.5. The summed E-state index contributed by atoms with van der Waals surface area (Å²) in [6, 6.07) is 77.3. The first kappa shape index (κ1) is 39.2. The Bertz CT molecular complexity index is 3530. The number of para-hydroxylation sites is 2. The van der Waals surface area contributed by atoms with Gasteiger partial charge >= 0.3 is 0 Å². The van der Waals surface area contributed by atoms with E-state index in [1.165, 1.54) is 111 Å². The van der Waals surface area contributed by atoms with E-state index in [1.807, 2.05) is 6.07 Å². The molecular weight excluding hydrogens is 773 g/mol. The summed E-state index contributed by atoms with van der Waals surface area (Å²) >= 11 is 0. The number of rotatable bonds is 6. The van der Waals surface area contributed by atoms with Crippen LogP contribution in [-0.4, -0.2) is 9.13 Å². The summed E-state index contributed by atoms with van der Waals surface area (Å²) in [5.74, 6) is 0. The summed E-state index contributed by atoms with van der Waals surface area (Å²) in [6.07, 6.45) is 3.27. The Morgan fingerprint density at radius 2 is 1.02 bits per heavy atom. The van der Waals surface area contributed by atoms with Crippen molar-refractivity contribution < 1.29 is 0 Å². The van der Waals surface area contributed by atoms with Crippen LogP contribution in [-0.2, 0) is 11.8 Å². The zero-order valence-electron chi connectivity index (χ0n) is 36.9. The molecule has 2 heteroatoms. The van der Waals surface area contributed by atoms with E-state index in [0.717, 1.165) is 6.42 Å². The van der Waals surface area contributed by atoms with Gasteiger partial charge in [0.15, 0.2) is 0 Å². The van der Waals surface area contributed by atoms with Crippen LogP contribution in [0.25, 0.3) is 83.3 Å². The molecule has 0 unspecified atom stereocenters. The highest BCUT2D eigenvalue weighted by atomic mass is 15.0. The average molecular weight is 823 g/mol. The number of fused-ring (bicyclic) bond motifs is 9. The van der Waals surface area contributed by atoms with Gasteiger partial charge in [0.25, 0.3) is 0 Å². The maximum Gasteiger partial charge on any atom is 0.0544 e. The van der Waals surface area contributed by atoms with Crippen molar-refractivity contribution in [1.82, 2.24) is 9.13 Å². The zero-order valence-corrected chi connectivity index (χ0v) is 36.9. The molecule has 0 radical (unpaired) electrons. The maximum atomic E-state index is 2.50. The van der Waals surface area contributed by atoms with Crippen molar-refractivity contribution in [3.8, 4) is 33.6 Å². The Labute approximate surface area is 376 Å². The summed E-state index contributed by atoms with van der Waals surface area (Å²) in [5.41, 5.74) is 20.5. The summed E-state index contributed by atoms with van der Waals surface area (Å²) in [5, 5.41) is 5.09. The Balaban J connectivity index is 0.000000242. The van der Waals surface area contributed by atoms with Crippen LogP contribution in [0.5, 0.6) is 0 Å². The van der Waals surface area contributed by atoms with Gasteiger partial charge in [-0.1, -0.05) is 183 Å². The Hall–Kier alpha value is -7.68. The van der Waals surface area contributed by atoms with Gasteiger partial charge in [-0.2, -0.15) is 0 Å². The molecule has 0 fully saturated rings. The second-order valence-electron chi connectivity index (χ2n) is 18.0. The molecule has 0 amide bonds. The minimum absolute atomic E-state index is 0.0818. The highest BCUT2D eigenvalue weighted by Crippen LogP contribution is 2.51. The maximum absolute atomic E-state index is 2.50. The molecule has 0 aliphatic heterocycles.